The van der Waals surface area contributed by atoms with Crippen LogP contribution in [0.15, 0.2) is 30.3 Å². The Kier molecular flexibility index (Phi) is 2.21. The number of hydrogen-bond donors (Lipinski definition) is 2. The number of aliphatic hydroxyl groups excluding tert-OH is 1. The van der Waals surface area contributed by atoms with Gasteiger partial charge < -0.3 is 10.4 Å². The lowest BCUT2D eigenvalue weighted by Crippen LogP contribution is -2.06. The molecule has 1 aliphatic carbocycles. The number of benzene rings is 2. The van der Waals surface area contributed by atoms with E-state index in [9.17, 15) is 14.7 Å². The molecule has 0 aromatic heterocycles. The average Bonchev–Trinajstić information content (AvgIpc) is 2.59. The number of aliphatic hydroxyl groups is 1. The van der Waals surface area contributed by atoms with Gasteiger partial charge in [-0.1, -0.05) is 18.2 Å². The molecule has 0 spiro atoms. The Bertz CT molecular complexity index is 691. The fraction of sp³-hybridized carbons (Fsp3) is 0.143. The van der Waals surface area contributed by atoms with Crippen molar-refractivity contribution in [1.29, 1.82) is 0 Å². The van der Waals surface area contributed by atoms with Gasteiger partial charge >= 0.3 is 0 Å². The van der Waals surface area contributed by atoms with Crippen molar-refractivity contribution in [2.24, 2.45) is 0 Å². The molecule has 1 atom stereocenters. The molecule has 0 heterocycles. The van der Waals surface area contributed by atoms with E-state index in [1.165, 1.54) is 6.92 Å². The van der Waals surface area contributed by atoms with Gasteiger partial charge in [0.15, 0.2) is 5.78 Å². The van der Waals surface area contributed by atoms with Crippen molar-refractivity contribution in [3.05, 3.63) is 41.5 Å². The van der Waals surface area contributed by atoms with Gasteiger partial charge in [0.25, 0.3) is 0 Å². The molecule has 1 amide bonds. The lowest BCUT2D eigenvalue weighted by molar-refractivity contribution is -0.114. The molecule has 0 saturated heterocycles. The number of carbonyl (C=O) groups excluding carboxylic acids is 2. The first-order valence-corrected chi connectivity index (χ1v) is 5.65. The second-order valence-electron chi connectivity index (χ2n) is 4.38. The maximum Gasteiger partial charge on any atom is 0.221 e. The molecule has 4 nitrogen and oxygen atoms in total. The minimum absolute atomic E-state index is 0.166. The van der Waals surface area contributed by atoms with Crippen molar-refractivity contribution in [1.82, 2.24) is 0 Å². The van der Waals surface area contributed by atoms with E-state index < -0.39 is 6.10 Å². The molecule has 0 saturated carbocycles. The lowest BCUT2D eigenvalue weighted by Gasteiger charge is -2.08. The first kappa shape index (κ1) is 10.9. The lowest BCUT2D eigenvalue weighted by atomic mass is 10.0. The molecule has 0 fully saturated rings. The van der Waals surface area contributed by atoms with E-state index in [-0.39, 0.29) is 11.7 Å². The average molecular weight is 241 g/mol. The standard InChI is InChI=1S/C14H11NO3/c1-7(16)15-11-6-5-10-12-8(11)3-2-4-9(12)13(17)14(10)18/h2-6,13,17H,1H3,(H,15,16). The molecule has 2 aromatic carbocycles. The summed E-state index contributed by atoms with van der Waals surface area (Å²) < 4.78 is 0. The van der Waals surface area contributed by atoms with Crippen LogP contribution in [0.5, 0.6) is 0 Å². The minimum atomic E-state index is -1.09. The highest BCUT2D eigenvalue weighted by molar-refractivity contribution is 6.20. The predicted octanol–water partition coefficient (Wildman–Crippen LogP) is 2.03. The highest BCUT2D eigenvalue weighted by Crippen LogP contribution is 2.39. The number of rotatable bonds is 1. The van der Waals surface area contributed by atoms with Crippen LogP contribution in [0.4, 0.5) is 5.69 Å². The van der Waals surface area contributed by atoms with Crippen LogP contribution in [0.2, 0.25) is 0 Å². The monoisotopic (exact) mass is 241 g/mol. The molecule has 0 bridgehead atoms. The molecule has 2 aromatic rings. The topological polar surface area (TPSA) is 66.4 Å². The molecule has 0 radical (unpaired) electrons. The Hall–Kier alpha value is -2.20. The molecular formula is C14H11NO3. The van der Waals surface area contributed by atoms with Crippen molar-refractivity contribution < 1.29 is 14.7 Å². The number of amides is 1. The van der Waals surface area contributed by atoms with Crippen molar-refractivity contribution in [3.63, 3.8) is 0 Å². The van der Waals surface area contributed by atoms with Gasteiger partial charge in [0.1, 0.15) is 6.10 Å². The molecule has 4 heteroatoms. The van der Waals surface area contributed by atoms with E-state index in [1.807, 2.05) is 6.07 Å². The number of ketones is 1. The maximum atomic E-state index is 11.9. The van der Waals surface area contributed by atoms with Crippen LogP contribution in [-0.4, -0.2) is 16.8 Å². The second-order valence-corrected chi connectivity index (χ2v) is 4.38. The van der Waals surface area contributed by atoms with Crippen LogP contribution in [0.25, 0.3) is 10.8 Å². The third-order valence-corrected chi connectivity index (χ3v) is 3.19. The van der Waals surface area contributed by atoms with E-state index in [0.29, 0.717) is 16.8 Å². The van der Waals surface area contributed by atoms with Crippen LogP contribution in [0.1, 0.15) is 28.9 Å². The largest absolute Gasteiger partial charge is 0.380 e. The molecule has 2 N–H and O–H groups in total. The van der Waals surface area contributed by atoms with E-state index in [0.717, 1.165) is 10.8 Å². The third kappa shape index (κ3) is 1.36. The first-order valence-electron chi connectivity index (χ1n) is 5.65. The van der Waals surface area contributed by atoms with Crippen molar-refractivity contribution in [2.75, 3.05) is 5.32 Å². The number of anilines is 1. The highest BCUT2D eigenvalue weighted by atomic mass is 16.3. The van der Waals surface area contributed by atoms with E-state index in [2.05, 4.69) is 5.32 Å². The molecule has 1 unspecified atom stereocenters. The quantitative estimate of drug-likeness (QED) is 0.802. The van der Waals surface area contributed by atoms with Crippen molar-refractivity contribution in [2.45, 2.75) is 13.0 Å². The fourth-order valence-electron chi connectivity index (χ4n) is 2.46. The number of hydrogen-bond acceptors (Lipinski definition) is 3. The molecule has 18 heavy (non-hydrogen) atoms. The summed E-state index contributed by atoms with van der Waals surface area (Å²) in [5.74, 6) is -0.448. The summed E-state index contributed by atoms with van der Waals surface area (Å²) in [7, 11) is 0. The zero-order valence-electron chi connectivity index (χ0n) is 9.73. The predicted molar refractivity (Wildman–Crippen MR) is 67.5 cm³/mol. The van der Waals surface area contributed by atoms with Crippen LogP contribution in [-0.2, 0) is 4.79 Å². The van der Waals surface area contributed by atoms with Gasteiger partial charge in [0, 0.05) is 28.9 Å². The zero-order valence-corrected chi connectivity index (χ0v) is 9.73. The van der Waals surface area contributed by atoms with Crippen molar-refractivity contribution in [3.8, 4) is 0 Å². The van der Waals surface area contributed by atoms with Crippen LogP contribution in [0, 0.1) is 0 Å². The van der Waals surface area contributed by atoms with E-state index in [4.69, 9.17) is 0 Å². The summed E-state index contributed by atoms with van der Waals surface area (Å²) in [6.45, 7) is 1.43. The fourth-order valence-corrected chi connectivity index (χ4v) is 2.46. The van der Waals surface area contributed by atoms with Gasteiger partial charge in [-0.15, -0.1) is 0 Å². The Labute approximate surface area is 103 Å². The van der Waals surface area contributed by atoms with Crippen molar-refractivity contribution >= 4 is 28.2 Å². The molecule has 90 valence electrons. The summed E-state index contributed by atoms with van der Waals surface area (Å²) in [5.41, 5.74) is 1.78. The Morgan fingerprint density at radius 3 is 2.78 bits per heavy atom. The van der Waals surface area contributed by atoms with Gasteiger partial charge in [-0.05, 0) is 17.7 Å². The smallest absolute Gasteiger partial charge is 0.221 e. The maximum absolute atomic E-state index is 11.9. The van der Waals surface area contributed by atoms with E-state index >= 15 is 0 Å². The first-order chi connectivity index (χ1) is 8.59. The number of Topliss-reactive ketones (excluding diaryl/α,β-unsaturated/α-hetero) is 1. The summed E-state index contributed by atoms with van der Waals surface area (Å²) in [4.78, 5) is 23.0. The number of carbonyl (C=O) groups is 2. The summed E-state index contributed by atoms with van der Waals surface area (Å²) in [5, 5.41) is 14.1. The Balaban J connectivity index is 2.34. The van der Waals surface area contributed by atoms with Crippen LogP contribution in [0.3, 0.4) is 0 Å². The van der Waals surface area contributed by atoms with E-state index in [1.54, 1.807) is 24.3 Å². The van der Waals surface area contributed by atoms with Gasteiger partial charge in [0.2, 0.25) is 5.91 Å². The summed E-state index contributed by atoms with van der Waals surface area (Å²) in [6.07, 6.45) is -1.09. The summed E-state index contributed by atoms with van der Waals surface area (Å²) in [6, 6.07) is 8.68. The van der Waals surface area contributed by atoms with Gasteiger partial charge in [-0.3, -0.25) is 9.59 Å². The zero-order chi connectivity index (χ0) is 12.9. The normalized spacial score (nSPS) is 17.2. The van der Waals surface area contributed by atoms with Gasteiger partial charge in [-0.2, -0.15) is 0 Å². The Morgan fingerprint density at radius 1 is 1.28 bits per heavy atom. The van der Waals surface area contributed by atoms with Gasteiger partial charge in [0.05, 0.1) is 0 Å². The minimum Gasteiger partial charge on any atom is -0.380 e. The molecule has 0 aliphatic heterocycles. The molecular weight excluding hydrogens is 230 g/mol. The second kappa shape index (κ2) is 3.65. The Morgan fingerprint density at radius 2 is 2.06 bits per heavy atom. The number of nitrogens with one attached hydrogen (secondary N) is 1. The van der Waals surface area contributed by atoms with Crippen LogP contribution < -0.4 is 5.32 Å². The summed E-state index contributed by atoms with van der Waals surface area (Å²) >= 11 is 0. The van der Waals surface area contributed by atoms with Crippen LogP contribution >= 0.6 is 0 Å². The molecule has 1 aliphatic rings. The van der Waals surface area contributed by atoms with Gasteiger partial charge in [-0.25, -0.2) is 0 Å². The molecule has 3 rings (SSSR count). The SMILES string of the molecule is CC(=O)Nc1ccc2c3c(cccc13)C(O)C2=O. The third-order valence-electron chi connectivity index (χ3n) is 3.19. The highest BCUT2D eigenvalue weighted by Gasteiger charge is 2.31.